The van der Waals surface area contributed by atoms with Crippen molar-refractivity contribution < 1.29 is 14.7 Å². The maximum Gasteiger partial charge on any atom is 0.319 e. The molecule has 0 saturated heterocycles. The number of hydrogen-bond acceptors (Lipinski definition) is 3. The smallest absolute Gasteiger partial charge is 0.319 e. The van der Waals surface area contributed by atoms with Crippen molar-refractivity contribution in [3.63, 3.8) is 0 Å². The molecule has 2 amide bonds. The van der Waals surface area contributed by atoms with Crippen molar-refractivity contribution in [2.75, 3.05) is 5.32 Å². The van der Waals surface area contributed by atoms with Crippen LogP contribution in [-0.2, 0) is 11.3 Å². The molecule has 0 aliphatic heterocycles. The standard InChI is InChI=1S/C13H22N4O3/c1-6-17-8-9(7-14-17)15-11(20)16-13(4,5)12(2,3)10(18)19/h7-8H,6H2,1-5H3,(H,18,19)(H2,15,16,20). The molecule has 0 unspecified atom stereocenters. The van der Waals surface area contributed by atoms with Gasteiger partial charge in [0.25, 0.3) is 0 Å². The number of urea groups is 1. The van der Waals surface area contributed by atoms with Crippen LogP contribution >= 0.6 is 0 Å². The number of carboxylic acid groups (broad SMARTS) is 1. The predicted molar refractivity (Wildman–Crippen MR) is 75.6 cm³/mol. The monoisotopic (exact) mass is 282 g/mol. The highest BCUT2D eigenvalue weighted by atomic mass is 16.4. The minimum absolute atomic E-state index is 0.458. The number of amides is 2. The average Bonchev–Trinajstić information content (AvgIpc) is 2.75. The molecular weight excluding hydrogens is 260 g/mol. The number of anilines is 1. The van der Waals surface area contributed by atoms with E-state index in [1.807, 2.05) is 6.92 Å². The van der Waals surface area contributed by atoms with E-state index in [1.54, 1.807) is 44.8 Å². The Hall–Kier alpha value is -2.05. The zero-order valence-electron chi connectivity index (χ0n) is 12.5. The highest BCUT2D eigenvalue weighted by Gasteiger charge is 2.44. The van der Waals surface area contributed by atoms with E-state index in [4.69, 9.17) is 0 Å². The Balaban J connectivity index is 2.72. The molecule has 1 aromatic heterocycles. The third-order valence-electron chi connectivity index (χ3n) is 3.74. The number of carbonyl (C=O) groups excluding carboxylic acids is 1. The molecule has 7 heteroatoms. The van der Waals surface area contributed by atoms with Crippen LogP contribution in [-0.4, -0.2) is 32.4 Å². The van der Waals surface area contributed by atoms with Gasteiger partial charge in [-0.25, -0.2) is 4.79 Å². The summed E-state index contributed by atoms with van der Waals surface area (Å²) >= 11 is 0. The van der Waals surface area contributed by atoms with Crippen molar-refractivity contribution >= 4 is 17.7 Å². The summed E-state index contributed by atoms with van der Waals surface area (Å²) in [7, 11) is 0. The average molecular weight is 282 g/mol. The lowest BCUT2D eigenvalue weighted by Crippen LogP contribution is -2.57. The van der Waals surface area contributed by atoms with Crippen LogP contribution in [0.1, 0.15) is 34.6 Å². The highest BCUT2D eigenvalue weighted by Crippen LogP contribution is 2.30. The summed E-state index contributed by atoms with van der Waals surface area (Å²) in [6.07, 6.45) is 3.24. The van der Waals surface area contributed by atoms with E-state index in [2.05, 4.69) is 15.7 Å². The van der Waals surface area contributed by atoms with Gasteiger partial charge < -0.3 is 15.7 Å². The number of aliphatic carboxylic acids is 1. The zero-order valence-corrected chi connectivity index (χ0v) is 12.5. The van der Waals surface area contributed by atoms with Crippen molar-refractivity contribution in [1.82, 2.24) is 15.1 Å². The molecule has 1 rings (SSSR count). The van der Waals surface area contributed by atoms with E-state index in [0.717, 1.165) is 0 Å². The third kappa shape index (κ3) is 3.28. The predicted octanol–water partition coefficient (Wildman–Crippen LogP) is 1.91. The normalized spacial score (nSPS) is 12.1. The van der Waals surface area contributed by atoms with Crippen LogP contribution in [0.15, 0.2) is 12.4 Å². The number of nitrogens with one attached hydrogen (secondary N) is 2. The molecule has 0 atom stereocenters. The largest absolute Gasteiger partial charge is 0.481 e. The molecular formula is C13H22N4O3. The quantitative estimate of drug-likeness (QED) is 0.768. The molecule has 0 fully saturated rings. The van der Waals surface area contributed by atoms with E-state index in [-0.39, 0.29) is 0 Å². The third-order valence-corrected chi connectivity index (χ3v) is 3.74. The van der Waals surface area contributed by atoms with E-state index in [1.165, 1.54) is 0 Å². The minimum atomic E-state index is -1.10. The van der Waals surface area contributed by atoms with Gasteiger partial charge >= 0.3 is 12.0 Å². The molecule has 1 heterocycles. The molecule has 20 heavy (non-hydrogen) atoms. The van der Waals surface area contributed by atoms with Crippen LogP contribution in [0, 0.1) is 5.41 Å². The Bertz CT molecular complexity index is 505. The Morgan fingerprint density at radius 1 is 1.35 bits per heavy atom. The first-order chi connectivity index (χ1) is 9.10. The van der Waals surface area contributed by atoms with E-state index in [9.17, 15) is 14.7 Å². The summed E-state index contributed by atoms with van der Waals surface area (Å²) in [6.45, 7) is 9.15. The van der Waals surface area contributed by atoms with E-state index < -0.39 is 23.0 Å². The summed E-state index contributed by atoms with van der Waals surface area (Å²) in [5, 5.41) is 18.6. The summed E-state index contributed by atoms with van der Waals surface area (Å²) in [6, 6.07) is -0.458. The minimum Gasteiger partial charge on any atom is -0.481 e. The van der Waals surface area contributed by atoms with Gasteiger partial charge in [-0.15, -0.1) is 0 Å². The SMILES string of the molecule is CCn1cc(NC(=O)NC(C)(C)C(C)(C)C(=O)O)cn1. The molecule has 0 bridgehead atoms. The molecule has 1 aromatic rings. The number of hydrogen-bond donors (Lipinski definition) is 3. The molecule has 0 aromatic carbocycles. The van der Waals surface area contributed by atoms with Crippen LogP contribution in [0.2, 0.25) is 0 Å². The first-order valence-corrected chi connectivity index (χ1v) is 6.45. The van der Waals surface area contributed by atoms with Gasteiger partial charge in [-0.2, -0.15) is 5.10 Å². The second-order valence-electron chi connectivity index (χ2n) is 5.72. The van der Waals surface area contributed by atoms with Gasteiger partial charge in [0.15, 0.2) is 0 Å². The molecule has 0 radical (unpaired) electrons. The fraction of sp³-hybridized carbons (Fsp3) is 0.615. The van der Waals surface area contributed by atoms with Crippen LogP contribution in [0.5, 0.6) is 0 Å². The van der Waals surface area contributed by atoms with Crippen molar-refractivity contribution in [3.8, 4) is 0 Å². The van der Waals surface area contributed by atoms with Gasteiger partial charge in [0, 0.05) is 12.7 Å². The van der Waals surface area contributed by atoms with Gasteiger partial charge in [-0.1, -0.05) is 0 Å². The van der Waals surface area contributed by atoms with E-state index >= 15 is 0 Å². The number of carbonyl (C=O) groups is 2. The van der Waals surface area contributed by atoms with E-state index in [0.29, 0.717) is 12.2 Å². The van der Waals surface area contributed by atoms with Crippen LogP contribution < -0.4 is 10.6 Å². The summed E-state index contributed by atoms with van der Waals surface area (Å²) in [4.78, 5) is 23.2. The molecule has 0 aliphatic rings. The second-order valence-corrected chi connectivity index (χ2v) is 5.72. The highest BCUT2D eigenvalue weighted by molar-refractivity contribution is 5.90. The van der Waals surface area contributed by atoms with Crippen molar-refractivity contribution in [2.45, 2.75) is 46.7 Å². The first kappa shape index (κ1) is 16.0. The number of nitrogens with zero attached hydrogens (tertiary/aromatic N) is 2. The molecule has 3 N–H and O–H groups in total. The molecule has 0 spiro atoms. The van der Waals surface area contributed by atoms with Gasteiger partial charge in [-0.05, 0) is 34.6 Å². The van der Waals surface area contributed by atoms with Crippen LogP contribution in [0.25, 0.3) is 0 Å². The topological polar surface area (TPSA) is 96.2 Å². The van der Waals surface area contributed by atoms with Crippen molar-refractivity contribution in [1.29, 1.82) is 0 Å². The first-order valence-electron chi connectivity index (χ1n) is 6.45. The number of aryl methyl sites for hydroxylation is 1. The maximum absolute atomic E-state index is 11.9. The summed E-state index contributed by atoms with van der Waals surface area (Å²) < 4.78 is 1.68. The number of aromatic nitrogens is 2. The van der Waals surface area contributed by atoms with Crippen LogP contribution in [0.3, 0.4) is 0 Å². The van der Waals surface area contributed by atoms with Gasteiger partial charge in [0.05, 0.1) is 22.8 Å². The van der Waals surface area contributed by atoms with Crippen LogP contribution in [0.4, 0.5) is 10.5 Å². The van der Waals surface area contributed by atoms with Gasteiger partial charge in [0.2, 0.25) is 0 Å². The Labute approximate surface area is 118 Å². The molecule has 112 valence electrons. The summed E-state index contributed by atoms with van der Waals surface area (Å²) in [5.41, 5.74) is -1.45. The Kier molecular flexibility index (Phi) is 4.42. The number of rotatable bonds is 5. The van der Waals surface area contributed by atoms with Crippen molar-refractivity contribution in [3.05, 3.63) is 12.4 Å². The molecule has 7 nitrogen and oxygen atoms in total. The maximum atomic E-state index is 11.9. The summed E-state index contributed by atoms with van der Waals surface area (Å²) in [5.74, 6) is -0.971. The molecule has 0 aliphatic carbocycles. The fourth-order valence-corrected chi connectivity index (χ4v) is 1.47. The zero-order chi connectivity index (χ0) is 15.6. The number of carboxylic acids is 1. The Morgan fingerprint density at radius 2 is 1.95 bits per heavy atom. The fourth-order valence-electron chi connectivity index (χ4n) is 1.47. The lowest BCUT2D eigenvalue weighted by atomic mass is 9.74. The second kappa shape index (κ2) is 5.52. The molecule has 0 saturated carbocycles. The lowest BCUT2D eigenvalue weighted by Gasteiger charge is -2.38. The van der Waals surface area contributed by atoms with Crippen molar-refractivity contribution in [2.24, 2.45) is 5.41 Å². The van der Waals surface area contributed by atoms with Gasteiger partial charge in [-0.3, -0.25) is 9.48 Å². The lowest BCUT2D eigenvalue weighted by molar-refractivity contribution is -0.150. The Morgan fingerprint density at radius 3 is 2.40 bits per heavy atom. The van der Waals surface area contributed by atoms with Gasteiger partial charge in [0.1, 0.15) is 0 Å².